The number of nitrogens with zero attached hydrogens (tertiary/aromatic N) is 1. The first-order chi connectivity index (χ1) is 15.5. The molecule has 0 unspecified atom stereocenters. The average Bonchev–Trinajstić information content (AvgIpc) is 2.79. The molecule has 6 nitrogen and oxygen atoms in total. The van der Waals surface area contributed by atoms with Gasteiger partial charge in [-0.1, -0.05) is 13.3 Å². The van der Waals surface area contributed by atoms with Gasteiger partial charge in [-0.15, -0.1) is 0 Å². The maximum absolute atomic E-state index is 10.4. The third-order valence-electron chi connectivity index (χ3n) is 8.03. The molecule has 0 spiro atoms. The number of aromatic hydroxyl groups is 3. The van der Waals surface area contributed by atoms with Crippen molar-refractivity contribution in [2.45, 2.75) is 51.1 Å². The molecule has 6 heteroatoms. The molecule has 0 bridgehead atoms. The molecule has 0 saturated carbocycles. The fourth-order valence-corrected chi connectivity index (χ4v) is 6.29. The van der Waals surface area contributed by atoms with E-state index in [1.165, 1.54) is 11.1 Å². The minimum absolute atomic E-state index is 0.0295. The van der Waals surface area contributed by atoms with Gasteiger partial charge in [-0.05, 0) is 90.6 Å². The van der Waals surface area contributed by atoms with Crippen molar-refractivity contribution < 1.29 is 20.1 Å². The monoisotopic (exact) mass is 438 g/mol. The zero-order valence-electron chi connectivity index (χ0n) is 19.0. The molecule has 1 saturated heterocycles. The van der Waals surface area contributed by atoms with Crippen molar-refractivity contribution in [2.24, 2.45) is 11.8 Å². The molecule has 3 aliphatic heterocycles. The lowest BCUT2D eigenvalue weighted by atomic mass is 9.72. The molecule has 32 heavy (non-hydrogen) atoms. The molecular weight excluding hydrogens is 404 g/mol. The minimum Gasteiger partial charge on any atom is -0.504 e. The van der Waals surface area contributed by atoms with Gasteiger partial charge in [-0.3, -0.25) is 4.90 Å². The molecule has 5 rings (SSSR count). The average molecular weight is 439 g/mol. The molecule has 0 radical (unpaired) electrons. The van der Waals surface area contributed by atoms with Crippen LogP contribution in [-0.4, -0.2) is 47.0 Å². The minimum atomic E-state index is -0.0371. The first-order valence-corrected chi connectivity index (χ1v) is 11.9. The Bertz CT molecular complexity index is 1010. The van der Waals surface area contributed by atoms with Crippen LogP contribution in [0.4, 0.5) is 0 Å². The fourth-order valence-electron chi connectivity index (χ4n) is 6.29. The molecule has 4 N–H and O–H groups in total. The number of phenolic OH excluding ortho intramolecular Hbond substituents is 3. The van der Waals surface area contributed by atoms with Crippen LogP contribution in [-0.2, 0) is 12.8 Å². The molecule has 4 atom stereocenters. The number of fused-ring (bicyclic) bond motifs is 4. The van der Waals surface area contributed by atoms with E-state index in [0.717, 1.165) is 62.9 Å². The molecule has 0 amide bonds. The van der Waals surface area contributed by atoms with Crippen LogP contribution in [0.15, 0.2) is 24.3 Å². The Morgan fingerprint density at radius 2 is 1.72 bits per heavy atom. The van der Waals surface area contributed by atoms with Gasteiger partial charge in [0.2, 0.25) is 0 Å². The molecule has 3 heterocycles. The molecule has 3 aliphatic rings. The van der Waals surface area contributed by atoms with Crippen LogP contribution >= 0.6 is 0 Å². The van der Waals surface area contributed by atoms with Crippen molar-refractivity contribution in [1.82, 2.24) is 10.2 Å². The second kappa shape index (κ2) is 8.49. The van der Waals surface area contributed by atoms with Crippen LogP contribution in [0.25, 0.3) is 0 Å². The van der Waals surface area contributed by atoms with Gasteiger partial charge < -0.3 is 25.4 Å². The number of rotatable bonds is 4. The summed E-state index contributed by atoms with van der Waals surface area (Å²) in [6.45, 7) is 5.31. The maximum Gasteiger partial charge on any atom is 0.160 e. The summed E-state index contributed by atoms with van der Waals surface area (Å²) in [6.07, 6.45) is 5.08. The Balaban J connectivity index is 1.42. The molecular formula is C26H34N2O4. The van der Waals surface area contributed by atoms with E-state index >= 15 is 0 Å². The maximum atomic E-state index is 10.4. The zero-order valence-corrected chi connectivity index (χ0v) is 19.0. The van der Waals surface area contributed by atoms with E-state index in [2.05, 4.69) is 17.1 Å². The molecule has 2 aromatic carbocycles. The van der Waals surface area contributed by atoms with Gasteiger partial charge in [0.15, 0.2) is 23.0 Å². The van der Waals surface area contributed by atoms with Crippen LogP contribution in [0.2, 0.25) is 0 Å². The Morgan fingerprint density at radius 1 is 0.969 bits per heavy atom. The van der Waals surface area contributed by atoms with Crippen molar-refractivity contribution >= 4 is 0 Å². The highest BCUT2D eigenvalue weighted by Crippen LogP contribution is 2.47. The van der Waals surface area contributed by atoms with E-state index in [-0.39, 0.29) is 23.3 Å². The number of phenols is 3. The van der Waals surface area contributed by atoms with Crippen LogP contribution in [0.5, 0.6) is 23.0 Å². The number of nitrogens with one attached hydrogen (secondary N) is 1. The second-order valence-electron chi connectivity index (χ2n) is 9.68. The van der Waals surface area contributed by atoms with E-state index in [0.29, 0.717) is 23.6 Å². The normalized spacial score (nSPS) is 27.3. The van der Waals surface area contributed by atoms with Crippen molar-refractivity contribution in [3.05, 3.63) is 46.5 Å². The van der Waals surface area contributed by atoms with E-state index in [1.807, 2.05) is 12.1 Å². The summed E-state index contributed by atoms with van der Waals surface area (Å²) < 4.78 is 5.34. The highest BCUT2D eigenvalue weighted by molar-refractivity contribution is 5.49. The highest BCUT2D eigenvalue weighted by atomic mass is 16.5. The number of methoxy groups -OCH3 is 1. The lowest BCUT2D eigenvalue weighted by molar-refractivity contribution is 0.0434. The topological polar surface area (TPSA) is 85.2 Å². The fraction of sp³-hybridized carbons (Fsp3) is 0.538. The summed E-state index contributed by atoms with van der Waals surface area (Å²) in [4.78, 5) is 2.60. The number of ether oxygens (including phenoxy) is 1. The zero-order chi connectivity index (χ0) is 22.4. The summed E-state index contributed by atoms with van der Waals surface area (Å²) in [5.41, 5.74) is 4.79. The SMILES string of the molecule is CC[C@H]1CN2CCc3cc(OC)c(O)cc3[C@@H]2C[C@@H]1C[C@H]1NCCc2cc(O)c(O)cc21. The highest BCUT2D eigenvalue weighted by Gasteiger charge is 2.40. The van der Waals surface area contributed by atoms with Gasteiger partial charge in [0.25, 0.3) is 0 Å². The Labute approximate surface area is 189 Å². The van der Waals surface area contributed by atoms with Crippen molar-refractivity contribution in [1.29, 1.82) is 0 Å². The molecule has 2 aromatic rings. The quantitative estimate of drug-likeness (QED) is 0.540. The van der Waals surface area contributed by atoms with Gasteiger partial charge in [-0.25, -0.2) is 0 Å². The van der Waals surface area contributed by atoms with Crippen LogP contribution in [0, 0.1) is 11.8 Å². The summed E-state index contributed by atoms with van der Waals surface area (Å²) in [6, 6.07) is 7.91. The standard InChI is InChI=1S/C26H34N2O4/c1-3-15-14-28-7-5-17-11-26(32-2)25(31)13-20(17)22(28)9-18(15)8-21-19-12-24(30)23(29)10-16(19)4-6-27-21/h10-13,15,18,21-22,27,29-31H,3-9,14H2,1-2H3/t15-,18-,21+,22-/m0/s1. The largest absolute Gasteiger partial charge is 0.504 e. The Kier molecular flexibility index (Phi) is 5.68. The number of hydrogen-bond donors (Lipinski definition) is 4. The van der Waals surface area contributed by atoms with Gasteiger partial charge in [-0.2, -0.15) is 0 Å². The molecule has 1 fully saturated rings. The first kappa shape index (κ1) is 21.4. The van der Waals surface area contributed by atoms with Gasteiger partial charge in [0.05, 0.1) is 7.11 Å². The third kappa shape index (κ3) is 3.69. The Hall–Kier alpha value is -2.44. The van der Waals surface area contributed by atoms with Crippen LogP contribution in [0.1, 0.15) is 60.5 Å². The number of piperidine rings is 1. The summed E-state index contributed by atoms with van der Waals surface area (Å²) in [5, 5.41) is 34.2. The van der Waals surface area contributed by atoms with Crippen LogP contribution in [0.3, 0.4) is 0 Å². The Morgan fingerprint density at radius 3 is 2.50 bits per heavy atom. The molecule has 0 aromatic heterocycles. The van der Waals surface area contributed by atoms with Crippen molar-refractivity contribution in [3.8, 4) is 23.0 Å². The van der Waals surface area contributed by atoms with Crippen LogP contribution < -0.4 is 10.1 Å². The predicted octanol–water partition coefficient (Wildman–Crippen LogP) is 4.03. The van der Waals surface area contributed by atoms with E-state index in [9.17, 15) is 15.3 Å². The van der Waals surface area contributed by atoms with E-state index < -0.39 is 0 Å². The molecule has 0 aliphatic carbocycles. The van der Waals surface area contributed by atoms with Crippen molar-refractivity contribution in [2.75, 3.05) is 26.7 Å². The van der Waals surface area contributed by atoms with Crippen molar-refractivity contribution in [3.63, 3.8) is 0 Å². The summed E-state index contributed by atoms with van der Waals surface area (Å²) >= 11 is 0. The number of benzene rings is 2. The van der Waals surface area contributed by atoms with Gasteiger partial charge in [0.1, 0.15) is 0 Å². The first-order valence-electron chi connectivity index (χ1n) is 11.9. The van der Waals surface area contributed by atoms with Gasteiger partial charge in [0, 0.05) is 25.2 Å². The lowest BCUT2D eigenvalue weighted by Gasteiger charge is -2.48. The number of hydrogen-bond acceptors (Lipinski definition) is 6. The van der Waals surface area contributed by atoms with E-state index in [1.54, 1.807) is 19.2 Å². The third-order valence-corrected chi connectivity index (χ3v) is 8.03. The second-order valence-corrected chi connectivity index (χ2v) is 9.68. The molecule has 172 valence electrons. The van der Waals surface area contributed by atoms with Gasteiger partial charge >= 0.3 is 0 Å². The van der Waals surface area contributed by atoms with E-state index in [4.69, 9.17) is 4.74 Å². The lowest BCUT2D eigenvalue weighted by Crippen LogP contribution is -2.46. The summed E-state index contributed by atoms with van der Waals surface area (Å²) in [7, 11) is 1.60. The predicted molar refractivity (Wildman–Crippen MR) is 123 cm³/mol. The smallest absolute Gasteiger partial charge is 0.160 e. The summed E-state index contributed by atoms with van der Waals surface area (Å²) in [5.74, 6) is 1.87.